The van der Waals surface area contributed by atoms with Crippen molar-refractivity contribution >= 4 is 5.71 Å². The monoisotopic (exact) mass is 344 g/mol. The van der Waals surface area contributed by atoms with Crippen LogP contribution in [0, 0.1) is 0 Å². The average molecular weight is 344 g/mol. The minimum absolute atomic E-state index is 0.566. The van der Waals surface area contributed by atoms with Gasteiger partial charge in [-0.2, -0.15) is 5.10 Å². The largest absolute Gasteiger partial charge is 0.497 e. The van der Waals surface area contributed by atoms with Gasteiger partial charge in [-0.25, -0.2) is 0 Å². The van der Waals surface area contributed by atoms with Crippen LogP contribution in [0.2, 0.25) is 0 Å². The Balaban J connectivity index is 2.09. The molecule has 0 spiro atoms. The predicted molar refractivity (Wildman–Crippen MR) is 98.1 cm³/mol. The van der Waals surface area contributed by atoms with E-state index >= 15 is 0 Å². The van der Waals surface area contributed by atoms with E-state index in [0.717, 1.165) is 22.6 Å². The van der Waals surface area contributed by atoms with Crippen molar-refractivity contribution in [3.8, 4) is 23.0 Å². The first kappa shape index (κ1) is 18.4. The van der Waals surface area contributed by atoms with Gasteiger partial charge in [0.05, 0.1) is 40.7 Å². The fraction of sp³-hybridized carbons (Fsp3) is 0.316. The zero-order valence-electron chi connectivity index (χ0n) is 15.3. The molecule has 0 aromatic heterocycles. The number of nitrogens with zero attached hydrogens (tertiary/aromatic N) is 1. The van der Waals surface area contributed by atoms with Crippen LogP contribution in [0.1, 0.15) is 18.1 Å². The van der Waals surface area contributed by atoms with Gasteiger partial charge in [-0.3, -0.25) is 0 Å². The lowest BCUT2D eigenvalue weighted by Gasteiger charge is -2.11. The van der Waals surface area contributed by atoms with Gasteiger partial charge in [0, 0.05) is 11.6 Å². The highest BCUT2D eigenvalue weighted by Gasteiger charge is 2.08. The molecule has 0 aliphatic heterocycles. The fourth-order valence-corrected chi connectivity index (χ4v) is 2.40. The van der Waals surface area contributed by atoms with Crippen molar-refractivity contribution in [1.29, 1.82) is 0 Å². The maximum absolute atomic E-state index is 5.41. The van der Waals surface area contributed by atoms with Gasteiger partial charge >= 0.3 is 0 Å². The Kier molecular flexibility index (Phi) is 6.51. The quantitative estimate of drug-likeness (QED) is 0.588. The van der Waals surface area contributed by atoms with E-state index in [1.165, 1.54) is 0 Å². The summed E-state index contributed by atoms with van der Waals surface area (Å²) >= 11 is 0. The molecule has 0 heterocycles. The molecule has 0 atom stereocenters. The molecule has 134 valence electrons. The van der Waals surface area contributed by atoms with Crippen LogP contribution in [0.3, 0.4) is 0 Å². The zero-order chi connectivity index (χ0) is 18.2. The van der Waals surface area contributed by atoms with Gasteiger partial charge in [-0.15, -0.1) is 0 Å². The number of hydrazone groups is 1. The summed E-state index contributed by atoms with van der Waals surface area (Å²) in [6, 6.07) is 11.4. The van der Waals surface area contributed by atoms with E-state index in [4.69, 9.17) is 18.9 Å². The van der Waals surface area contributed by atoms with Crippen molar-refractivity contribution in [3.63, 3.8) is 0 Å². The van der Waals surface area contributed by atoms with Crippen LogP contribution < -0.4 is 24.4 Å². The number of methoxy groups -OCH3 is 4. The average Bonchev–Trinajstić information content (AvgIpc) is 2.66. The highest BCUT2D eigenvalue weighted by Crippen LogP contribution is 2.27. The predicted octanol–water partition coefficient (Wildman–Crippen LogP) is 3.23. The second kappa shape index (κ2) is 8.82. The molecule has 0 aliphatic rings. The van der Waals surface area contributed by atoms with Crippen LogP contribution in [0.5, 0.6) is 23.0 Å². The minimum atomic E-state index is 0.566. The Bertz CT molecular complexity index is 744. The molecule has 0 unspecified atom stereocenters. The molecule has 0 fully saturated rings. The molecular formula is C19H24N2O4. The van der Waals surface area contributed by atoms with Crippen molar-refractivity contribution < 1.29 is 18.9 Å². The van der Waals surface area contributed by atoms with E-state index in [-0.39, 0.29) is 0 Å². The number of ether oxygens (including phenoxy) is 4. The van der Waals surface area contributed by atoms with Crippen LogP contribution in [-0.2, 0) is 6.54 Å². The Morgan fingerprint density at radius 1 is 0.840 bits per heavy atom. The number of hydrogen-bond acceptors (Lipinski definition) is 6. The van der Waals surface area contributed by atoms with E-state index in [0.29, 0.717) is 23.8 Å². The fourth-order valence-electron chi connectivity index (χ4n) is 2.40. The molecule has 6 nitrogen and oxygen atoms in total. The summed E-state index contributed by atoms with van der Waals surface area (Å²) in [6.07, 6.45) is 0. The summed E-state index contributed by atoms with van der Waals surface area (Å²) in [5, 5.41) is 4.43. The number of benzene rings is 2. The van der Waals surface area contributed by atoms with Crippen molar-refractivity contribution in [2.75, 3.05) is 28.4 Å². The normalized spacial score (nSPS) is 11.0. The second-order valence-electron chi connectivity index (χ2n) is 5.29. The van der Waals surface area contributed by atoms with Crippen LogP contribution in [0.15, 0.2) is 41.5 Å². The number of rotatable bonds is 8. The van der Waals surface area contributed by atoms with Crippen LogP contribution in [0.4, 0.5) is 0 Å². The molecule has 0 saturated carbocycles. The van der Waals surface area contributed by atoms with Crippen LogP contribution >= 0.6 is 0 Å². The number of nitrogens with one attached hydrogen (secondary N) is 1. The Morgan fingerprint density at radius 2 is 1.56 bits per heavy atom. The molecule has 6 heteroatoms. The van der Waals surface area contributed by atoms with Crippen LogP contribution in [-0.4, -0.2) is 34.2 Å². The summed E-state index contributed by atoms with van der Waals surface area (Å²) in [4.78, 5) is 0. The molecule has 2 rings (SSSR count). The summed E-state index contributed by atoms with van der Waals surface area (Å²) < 4.78 is 21.2. The topological polar surface area (TPSA) is 61.3 Å². The van der Waals surface area contributed by atoms with Gasteiger partial charge in [0.25, 0.3) is 0 Å². The molecule has 0 radical (unpaired) electrons. The highest BCUT2D eigenvalue weighted by molar-refractivity contribution is 6.01. The van der Waals surface area contributed by atoms with Crippen molar-refractivity contribution in [1.82, 2.24) is 5.43 Å². The zero-order valence-corrected chi connectivity index (χ0v) is 15.3. The summed E-state index contributed by atoms with van der Waals surface area (Å²) in [5.41, 5.74) is 5.84. The lowest BCUT2D eigenvalue weighted by Crippen LogP contribution is -2.10. The molecule has 0 aliphatic carbocycles. The molecule has 0 saturated heterocycles. The first-order valence-corrected chi connectivity index (χ1v) is 7.83. The van der Waals surface area contributed by atoms with Gasteiger partial charge in [-0.1, -0.05) is 6.07 Å². The minimum Gasteiger partial charge on any atom is -0.497 e. The Morgan fingerprint density at radius 3 is 2.20 bits per heavy atom. The summed E-state index contributed by atoms with van der Waals surface area (Å²) in [6.45, 7) is 2.49. The number of hydrogen-bond donors (Lipinski definition) is 1. The molecule has 0 bridgehead atoms. The smallest absolute Gasteiger partial charge is 0.161 e. The third-order valence-electron chi connectivity index (χ3n) is 3.78. The molecule has 2 aromatic rings. The van der Waals surface area contributed by atoms with Crippen molar-refractivity contribution in [2.24, 2.45) is 5.10 Å². The van der Waals surface area contributed by atoms with Gasteiger partial charge in [-0.05, 0) is 36.8 Å². The Labute approximate surface area is 148 Å². The lowest BCUT2D eigenvalue weighted by molar-refractivity contribution is 0.354. The third kappa shape index (κ3) is 4.56. The van der Waals surface area contributed by atoms with Gasteiger partial charge in [0.1, 0.15) is 11.5 Å². The van der Waals surface area contributed by atoms with Gasteiger partial charge in [0.15, 0.2) is 11.5 Å². The van der Waals surface area contributed by atoms with Gasteiger partial charge < -0.3 is 24.4 Å². The van der Waals surface area contributed by atoms with E-state index in [2.05, 4.69) is 10.5 Å². The first-order valence-electron chi connectivity index (χ1n) is 7.83. The Hall–Kier alpha value is -2.89. The molecular weight excluding hydrogens is 320 g/mol. The SMILES string of the molecule is COc1ccc(/C(C)=N\NCc2ccc(OC)c(OC)c2)c(OC)c1. The first-order chi connectivity index (χ1) is 12.1. The van der Waals surface area contributed by atoms with Crippen molar-refractivity contribution in [3.05, 3.63) is 47.5 Å². The summed E-state index contributed by atoms with van der Waals surface area (Å²) in [5.74, 6) is 2.86. The van der Waals surface area contributed by atoms with E-state index in [9.17, 15) is 0 Å². The lowest BCUT2D eigenvalue weighted by atomic mass is 10.1. The van der Waals surface area contributed by atoms with Gasteiger partial charge in [0.2, 0.25) is 0 Å². The molecule has 1 N–H and O–H groups in total. The molecule has 0 amide bonds. The van der Waals surface area contributed by atoms with E-state index < -0.39 is 0 Å². The molecule has 25 heavy (non-hydrogen) atoms. The third-order valence-corrected chi connectivity index (χ3v) is 3.78. The standard InChI is InChI=1S/C19H24N2O4/c1-13(16-8-7-15(22-2)11-18(16)24-4)21-20-12-14-6-9-17(23-3)19(10-14)25-5/h6-11,20H,12H2,1-5H3/b21-13-. The second-order valence-corrected chi connectivity index (χ2v) is 5.29. The molecule has 2 aromatic carbocycles. The summed E-state index contributed by atoms with van der Waals surface area (Å²) in [7, 11) is 6.49. The highest BCUT2D eigenvalue weighted by atomic mass is 16.5. The maximum Gasteiger partial charge on any atom is 0.161 e. The van der Waals surface area contributed by atoms with Crippen LogP contribution in [0.25, 0.3) is 0 Å². The van der Waals surface area contributed by atoms with Crippen molar-refractivity contribution in [2.45, 2.75) is 13.5 Å². The van der Waals surface area contributed by atoms with E-state index in [1.807, 2.05) is 43.3 Å². The van der Waals surface area contributed by atoms with E-state index in [1.54, 1.807) is 28.4 Å². The maximum atomic E-state index is 5.41.